The Morgan fingerprint density at radius 1 is 0.910 bits per heavy atom. The molecule has 4 amide bonds. The van der Waals surface area contributed by atoms with Gasteiger partial charge in [-0.1, -0.05) is 68.8 Å². The zero-order chi connectivity index (χ0) is 55.4. The zero-order valence-electron chi connectivity index (χ0n) is 44.1. The third-order valence-electron chi connectivity index (χ3n) is 13.5. The summed E-state index contributed by atoms with van der Waals surface area (Å²) in [5.74, 6) is -1.02. The molecule has 1 unspecified atom stereocenters. The summed E-state index contributed by atoms with van der Waals surface area (Å²) in [5.41, 5.74) is 8.30. The normalized spacial score (nSPS) is 16.4. The maximum Gasteiger partial charge on any atom is 0.246 e. The molecule has 3 aromatic carbocycles. The highest BCUT2D eigenvalue weighted by molar-refractivity contribution is 7.15. The van der Waals surface area contributed by atoms with Crippen molar-refractivity contribution in [1.82, 2.24) is 45.2 Å². The molecule has 18 nitrogen and oxygen atoms in total. The molecule has 406 valence electrons. The highest BCUT2D eigenvalue weighted by atomic mass is 35.5. The standard InChI is InChI=1S/C56H59ClFN11O7S2/c1-30-32(3)78-55-48(30)49(35-13-16-38(57)17-14-35)63-41(52-67-66-33(4)69(52)55)23-46(71)64-45-26-59-42(25-60-45)37-15-18-44(40(58)21-37)76-20-8-19-75-28-47(72)65-51(56(5,6)7)54(74)68-27-39(70)22-43(68)53(73)61-24-34-9-11-36(12-10-34)50-31(2)62-29-77-50/h9-18,21,25-26,29,39,41,43,51,70H,8,19-20,22-24,27-28H2,1-7H3,(H,61,73)(H,65,72)(H,60,64,71)/t39-,41+,43+,51?/m1/s1. The van der Waals surface area contributed by atoms with E-state index < -0.39 is 53.2 Å². The van der Waals surface area contributed by atoms with Crippen LogP contribution in [0.4, 0.5) is 10.2 Å². The predicted octanol–water partition coefficient (Wildman–Crippen LogP) is 8.45. The second kappa shape index (κ2) is 23.7. The van der Waals surface area contributed by atoms with Gasteiger partial charge in [-0.2, -0.15) is 0 Å². The molecule has 0 spiro atoms. The molecule has 22 heteroatoms. The fourth-order valence-corrected chi connectivity index (χ4v) is 11.5. The van der Waals surface area contributed by atoms with E-state index in [4.69, 9.17) is 26.1 Å². The second-order valence-electron chi connectivity index (χ2n) is 20.3. The lowest BCUT2D eigenvalue weighted by molar-refractivity contribution is -0.144. The SMILES string of the molecule is Cc1ncsc1-c1ccc(CNC(=O)[C@@H]2C[C@@H](O)CN2C(=O)C(NC(=O)COCCCOc2ccc(-c3cnc(NC(=O)C[C@@H]4N=C(c5ccc(Cl)cc5)c5c(sc(C)c5C)-n5c(C)nnc54)cn3)cc2F)C(C)(C)C)cc1. The summed E-state index contributed by atoms with van der Waals surface area (Å²) in [7, 11) is 0. The van der Waals surface area contributed by atoms with Gasteiger partial charge in [0.15, 0.2) is 23.2 Å². The number of fused-ring (bicyclic) bond motifs is 3. The number of aryl methyl sites for hydroxylation is 3. The minimum absolute atomic E-state index is 0.00199. The van der Waals surface area contributed by atoms with Crippen LogP contribution in [-0.4, -0.2) is 114 Å². The number of rotatable bonds is 18. The van der Waals surface area contributed by atoms with Crippen molar-refractivity contribution in [3.8, 4) is 32.4 Å². The molecule has 4 N–H and O–H groups in total. The Hall–Kier alpha value is -7.30. The number of thiazole rings is 1. The van der Waals surface area contributed by atoms with Gasteiger partial charge in [0, 0.05) is 52.5 Å². The average Bonchev–Trinajstić information content (AvgIpc) is 4.27. The van der Waals surface area contributed by atoms with E-state index in [0.29, 0.717) is 34.3 Å². The van der Waals surface area contributed by atoms with Crippen LogP contribution in [0.1, 0.15) is 90.5 Å². The van der Waals surface area contributed by atoms with Crippen LogP contribution in [0.2, 0.25) is 5.02 Å². The fraction of sp³-hybridized carbons (Fsp3) is 0.357. The van der Waals surface area contributed by atoms with Crippen molar-refractivity contribution in [2.24, 2.45) is 10.4 Å². The van der Waals surface area contributed by atoms with Crippen molar-refractivity contribution in [1.29, 1.82) is 0 Å². The molecule has 4 aromatic heterocycles. The first-order chi connectivity index (χ1) is 37.3. The van der Waals surface area contributed by atoms with E-state index in [9.17, 15) is 24.3 Å². The zero-order valence-corrected chi connectivity index (χ0v) is 46.5. The van der Waals surface area contributed by atoms with Gasteiger partial charge in [0.25, 0.3) is 0 Å². The minimum Gasteiger partial charge on any atom is -0.490 e. The number of halogens is 2. The topological polar surface area (TPSA) is 228 Å². The molecule has 0 bridgehead atoms. The number of aromatic nitrogens is 6. The van der Waals surface area contributed by atoms with E-state index in [-0.39, 0.29) is 63.2 Å². The number of amides is 4. The highest BCUT2D eigenvalue weighted by Crippen LogP contribution is 2.40. The minimum atomic E-state index is -1.02. The number of nitrogens with zero attached hydrogens (tertiary/aromatic N) is 8. The number of aliphatic hydroxyl groups excluding tert-OH is 1. The lowest BCUT2D eigenvalue weighted by Crippen LogP contribution is -2.58. The number of hydrogen-bond acceptors (Lipinski definition) is 15. The van der Waals surface area contributed by atoms with Gasteiger partial charge >= 0.3 is 0 Å². The Balaban J connectivity index is 0.730. The number of β-amino-alcohol motifs (C(OH)–C–C–N with tert-alkyl or cyclic N) is 1. The lowest BCUT2D eigenvalue weighted by Gasteiger charge is -2.35. The summed E-state index contributed by atoms with van der Waals surface area (Å²) in [6.07, 6.45) is 2.24. The van der Waals surface area contributed by atoms with Gasteiger partial charge in [0.05, 0.1) is 65.6 Å². The number of carbonyl (C=O) groups excluding carboxylic acids is 4. The number of benzene rings is 3. The molecule has 0 saturated carbocycles. The first-order valence-corrected chi connectivity index (χ1v) is 27.4. The van der Waals surface area contributed by atoms with Gasteiger partial charge in [0.2, 0.25) is 23.6 Å². The summed E-state index contributed by atoms with van der Waals surface area (Å²) < 4.78 is 28.6. The molecule has 6 heterocycles. The van der Waals surface area contributed by atoms with E-state index in [1.54, 1.807) is 55.0 Å². The molecule has 0 aliphatic carbocycles. The average molecular weight is 1120 g/mol. The van der Waals surface area contributed by atoms with E-state index in [1.165, 1.54) is 29.4 Å². The third-order valence-corrected chi connectivity index (χ3v) is 15.9. The molecule has 2 aliphatic rings. The summed E-state index contributed by atoms with van der Waals surface area (Å²) in [6, 6.07) is 17.0. The first-order valence-electron chi connectivity index (χ1n) is 25.4. The van der Waals surface area contributed by atoms with Crippen molar-refractivity contribution in [3.05, 3.63) is 140 Å². The monoisotopic (exact) mass is 1120 g/mol. The molecular weight excluding hydrogens is 1060 g/mol. The molecule has 7 aromatic rings. The maximum absolute atomic E-state index is 15.3. The number of likely N-dealkylation sites (tertiary alicyclic amines) is 1. The molecule has 1 saturated heterocycles. The summed E-state index contributed by atoms with van der Waals surface area (Å²) in [5, 5.41) is 29.5. The number of carbonyl (C=O) groups is 4. The van der Waals surface area contributed by atoms with Gasteiger partial charge in [0.1, 0.15) is 35.6 Å². The largest absolute Gasteiger partial charge is 0.490 e. The number of ether oxygens (including phenoxy) is 2. The van der Waals surface area contributed by atoms with Crippen LogP contribution in [0.5, 0.6) is 5.75 Å². The van der Waals surface area contributed by atoms with Crippen molar-refractivity contribution < 1.29 is 38.1 Å². The molecule has 1 fully saturated rings. The number of thiophene rings is 1. The van der Waals surface area contributed by atoms with E-state index in [0.717, 1.165) is 54.0 Å². The summed E-state index contributed by atoms with van der Waals surface area (Å²) in [6.45, 7) is 13.3. The van der Waals surface area contributed by atoms with Gasteiger partial charge in [-0.3, -0.25) is 33.7 Å². The predicted molar refractivity (Wildman–Crippen MR) is 297 cm³/mol. The van der Waals surface area contributed by atoms with E-state index in [1.807, 2.05) is 66.9 Å². The molecule has 78 heavy (non-hydrogen) atoms. The van der Waals surface area contributed by atoms with E-state index in [2.05, 4.69) is 54.9 Å². The van der Waals surface area contributed by atoms with Crippen LogP contribution in [0.25, 0.3) is 26.7 Å². The third kappa shape index (κ3) is 12.5. The molecule has 0 radical (unpaired) electrons. The summed E-state index contributed by atoms with van der Waals surface area (Å²) in [4.78, 5) is 76.2. The number of hydrogen-bond donors (Lipinski definition) is 4. The van der Waals surface area contributed by atoms with Crippen LogP contribution in [0.15, 0.2) is 89.6 Å². The first kappa shape index (κ1) is 55.5. The quantitative estimate of drug-likeness (QED) is 0.0594. The van der Waals surface area contributed by atoms with Gasteiger partial charge < -0.3 is 35.4 Å². The van der Waals surface area contributed by atoms with Crippen molar-refractivity contribution in [3.63, 3.8) is 0 Å². The number of aliphatic imine (C=N–C) groups is 1. The Morgan fingerprint density at radius 2 is 1.65 bits per heavy atom. The van der Waals surface area contributed by atoms with Crippen LogP contribution in [0.3, 0.4) is 0 Å². The molecule has 9 rings (SSSR count). The maximum atomic E-state index is 15.3. The molecular formula is C56H59ClFN11O7S2. The second-order valence-corrected chi connectivity index (χ2v) is 22.8. The van der Waals surface area contributed by atoms with Gasteiger partial charge in [-0.15, -0.1) is 32.9 Å². The van der Waals surface area contributed by atoms with Gasteiger partial charge in [-0.05, 0) is 80.1 Å². The molecule has 4 atom stereocenters. The van der Waals surface area contributed by atoms with Gasteiger partial charge in [-0.25, -0.2) is 14.4 Å². The summed E-state index contributed by atoms with van der Waals surface area (Å²) >= 11 is 9.43. The lowest BCUT2D eigenvalue weighted by atomic mass is 9.85. The van der Waals surface area contributed by atoms with Crippen molar-refractivity contribution in [2.45, 2.75) is 98.5 Å². The van der Waals surface area contributed by atoms with Crippen LogP contribution in [0, 0.1) is 38.9 Å². The number of aliphatic hydroxyl groups is 1. The Morgan fingerprint density at radius 3 is 2.35 bits per heavy atom. The van der Waals surface area contributed by atoms with Crippen molar-refractivity contribution in [2.75, 3.05) is 31.7 Å². The Kier molecular flexibility index (Phi) is 16.9. The van der Waals surface area contributed by atoms with Crippen LogP contribution < -0.4 is 20.7 Å². The highest BCUT2D eigenvalue weighted by Gasteiger charge is 2.44. The Labute approximate surface area is 463 Å². The van der Waals surface area contributed by atoms with Crippen LogP contribution in [-0.2, 0) is 30.5 Å². The van der Waals surface area contributed by atoms with Crippen molar-refractivity contribution >= 4 is 69.4 Å². The fourth-order valence-electron chi connectivity index (χ4n) is 9.31. The Bertz CT molecular complexity index is 3380. The van der Waals surface area contributed by atoms with Crippen LogP contribution >= 0.6 is 34.3 Å². The van der Waals surface area contributed by atoms with E-state index >= 15 is 4.39 Å². The molecule has 2 aliphatic heterocycles. The number of anilines is 1. The smallest absolute Gasteiger partial charge is 0.246 e. The number of nitrogens with one attached hydrogen (secondary N) is 3.